The lowest BCUT2D eigenvalue weighted by Crippen LogP contribution is -2.30. The molecule has 1 aliphatic carbocycles. The average Bonchev–Trinajstić information content (AvgIpc) is 3.52. The molecule has 0 spiro atoms. The van der Waals surface area contributed by atoms with Gasteiger partial charge in [0.05, 0.1) is 10.1 Å². The van der Waals surface area contributed by atoms with E-state index >= 15 is 0 Å². The van der Waals surface area contributed by atoms with Crippen LogP contribution in [0, 0.1) is 5.92 Å². The summed E-state index contributed by atoms with van der Waals surface area (Å²) in [5.74, 6) is -0.0446. The van der Waals surface area contributed by atoms with Gasteiger partial charge in [-0.05, 0) is 68.0 Å². The average molecular weight is 441 g/mol. The first-order chi connectivity index (χ1) is 14.8. The summed E-state index contributed by atoms with van der Waals surface area (Å²) in [7, 11) is -3.67. The van der Waals surface area contributed by atoms with Crippen molar-refractivity contribution in [1.29, 1.82) is 0 Å². The minimum atomic E-state index is -3.67. The first-order valence-corrected chi connectivity index (χ1v) is 12.4. The number of para-hydroxylation sites is 1. The van der Waals surface area contributed by atoms with Crippen LogP contribution in [0.4, 0.5) is 11.4 Å². The summed E-state index contributed by atoms with van der Waals surface area (Å²) in [5.41, 5.74) is 3.42. The Hall–Kier alpha value is -2.67. The molecule has 1 fully saturated rings. The van der Waals surface area contributed by atoms with Crippen molar-refractivity contribution in [1.82, 2.24) is 0 Å². The van der Waals surface area contributed by atoms with Crippen molar-refractivity contribution in [2.24, 2.45) is 5.92 Å². The molecule has 2 aromatic carbocycles. The molecular formula is C24H28N2O4S. The molecule has 0 aromatic heterocycles. The van der Waals surface area contributed by atoms with Gasteiger partial charge in [-0.3, -0.25) is 9.59 Å². The molecule has 2 aliphatic rings. The largest absolute Gasteiger partial charge is 0.326 e. The Balaban J connectivity index is 1.46. The highest BCUT2D eigenvalue weighted by atomic mass is 32.2. The van der Waals surface area contributed by atoms with Crippen LogP contribution in [-0.2, 0) is 32.3 Å². The van der Waals surface area contributed by atoms with Crippen molar-refractivity contribution in [2.75, 3.05) is 16.8 Å². The molecule has 2 aromatic rings. The summed E-state index contributed by atoms with van der Waals surface area (Å²) >= 11 is 0. The Morgan fingerprint density at radius 3 is 2.61 bits per heavy atom. The lowest BCUT2D eigenvalue weighted by atomic mass is 10.1. The number of carbonyl (C=O) groups excluding carboxylic acids is 2. The van der Waals surface area contributed by atoms with E-state index in [1.54, 1.807) is 30.0 Å². The van der Waals surface area contributed by atoms with Crippen LogP contribution in [0.1, 0.15) is 44.2 Å². The van der Waals surface area contributed by atoms with Crippen LogP contribution in [0.5, 0.6) is 0 Å². The van der Waals surface area contributed by atoms with E-state index in [2.05, 4.69) is 5.32 Å². The Morgan fingerprint density at radius 2 is 1.90 bits per heavy atom. The van der Waals surface area contributed by atoms with Gasteiger partial charge >= 0.3 is 0 Å². The minimum Gasteiger partial charge on any atom is -0.326 e. The fourth-order valence-electron chi connectivity index (χ4n) is 4.09. The van der Waals surface area contributed by atoms with Crippen LogP contribution in [0.3, 0.4) is 0 Å². The van der Waals surface area contributed by atoms with Crippen LogP contribution in [0.25, 0.3) is 0 Å². The Bertz CT molecular complexity index is 1120. The van der Waals surface area contributed by atoms with Crippen LogP contribution in [0.2, 0.25) is 0 Å². The molecular weight excluding hydrogens is 412 g/mol. The second-order valence-corrected chi connectivity index (χ2v) is 10.8. The van der Waals surface area contributed by atoms with Gasteiger partial charge in [0.1, 0.15) is 0 Å². The van der Waals surface area contributed by atoms with Crippen LogP contribution in [0.15, 0.2) is 47.4 Å². The van der Waals surface area contributed by atoms with Crippen molar-refractivity contribution >= 4 is 33.0 Å². The maximum Gasteiger partial charge on any atom is 0.230 e. The number of sulfone groups is 1. The molecule has 6 nitrogen and oxygen atoms in total. The number of nitrogens with zero attached hydrogens (tertiary/aromatic N) is 1. The van der Waals surface area contributed by atoms with Gasteiger partial charge in [-0.15, -0.1) is 0 Å². The summed E-state index contributed by atoms with van der Waals surface area (Å²) in [6.07, 6.45) is 3.20. The normalized spacial score (nSPS) is 16.6. The fraction of sp³-hybridized carbons (Fsp3) is 0.417. The van der Waals surface area contributed by atoms with Gasteiger partial charge in [-0.2, -0.15) is 0 Å². The monoisotopic (exact) mass is 440 g/mol. The molecule has 164 valence electrons. The van der Waals surface area contributed by atoms with Crippen LogP contribution < -0.4 is 10.2 Å². The molecule has 1 saturated carbocycles. The maximum absolute atomic E-state index is 13.1. The highest BCUT2D eigenvalue weighted by Gasteiger charge is 2.37. The van der Waals surface area contributed by atoms with Crippen molar-refractivity contribution in [3.05, 3.63) is 53.6 Å². The quantitative estimate of drug-likeness (QED) is 0.711. The molecule has 1 aliphatic heterocycles. The van der Waals surface area contributed by atoms with Gasteiger partial charge in [-0.1, -0.05) is 25.1 Å². The first kappa shape index (κ1) is 21.6. The maximum atomic E-state index is 13.1. The Morgan fingerprint density at radius 1 is 1.16 bits per heavy atom. The molecule has 1 heterocycles. The molecule has 1 unspecified atom stereocenters. The standard InChI is InChI=1S/C24H28N2O4S/c1-3-17-6-4-5-7-21(17)25-23(27)14-16(2)31(29,30)20-10-11-22-19(15-20)12-13-26(22)24(28)18-8-9-18/h4-7,10-11,15-16,18H,3,8-9,12-14H2,1-2H3,(H,25,27). The molecule has 7 heteroatoms. The number of rotatable bonds is 7. The molecule has 0 radical (unpaired) electrons. The fourth-order valence-corrected chi connectivity index (χ4v) is 5.49. The van der Waals surface area contributed by atoms with Crippen molar-refractivity contribution < 1.29 is 18.0 Å². The highest BCUT2D eigenvalue weighted by molar-refractivity contribution is 7.92. The first-order valence-electron chi connectivity index (χ1n) is 10.9. The number of anilines is 2. The number of hydrogen-bond donors (Lipinski definition) is 1. The molecule has 1 atom stereocenters. The summed E-state index contributed by atoms with van der Waals surface area (Å²) in [5, 5.41) is 1.99. The van der Waals surface area contributed by atoms with Gasteiger partial charge in [-0.25, -0.2) is 8.42 Å². The predicted molar refractivity (Wildman–Crippen MR) is 121 cm³/mol. The predicted octanol–water partition coefficient (Wildman–Crippen LogP) is 3.74. The molecule has 0 bridgehead atoms. The summed E-state index contributed by atoms with van der Waals surface area (Å²) in [4.78, 5) is 27.0. The zero-order chi connectivity index (χ0) is 22.2. The van der Waals surface area contributed by atoms with E-state index < -0.39 is 15.1 Å². The van der Waals surface area contributed by atoms with E-state index in [1.165, 1.54) is 0 Å². The highest BCUT2D eigenvalue weighted by Crippen LogP contribution is 2.37. The lowest BCUT2D eigenvalue weighted by Gasteiger charge is -2.18. The van der Waals surface area contributed by atoms with E-state index in [1.807, 2.05) is 31.2 Å². The van der Waals surface area contributed by atoms with Crippen molar-refractivity contribution in [2.45, 2.75) is 56.1 Å². The third kappa shape index (κ3) is 4.37. The number of fused-ring (bicyclic) bond motifs is 1. The summed E-state index contributed by atoms with van der Waals surface area (Å²) in [6, 6.07) is 12.5. The van der Waals surface area contributed by atoms with Crippen molar-refractivity contribution in [3.8, 4) is 0 Å². The van der Waals surface area contributed by atoms with Crippen LogP contribution in [-0.4, -0.2) is 32.0 Å². The minimum absolute atomic E-state index is 0.121. The van der Waals surface area contributed by atoms with E-state index in [4.69, 9.17) is 0 Å². The van der Waals surface area contributed by atoms with E-state index in [-0.39, 0.29) is 29.0 Å². The SMILES string of the molecule is CCc1ccccc1NC(=O)CC(C)S(=O)(=O)c1ccc2c(c1)CCN2C(=O)C1CC1. The number of amides is 2. The van der Waals surface area contributed by atoms with Crippen molar-refractivity contribution in [3.63, 3.8) is 0 Å². The number of carbonyl (C=O) groups is 2. The van der Waals surface area contributed by atoms with Gasteiger partial charge in [0.2, 0.25) is 11.8 Å². The molecule has 0 saturated heterocycles. The molecule has 4 rings (SSSR count). The third-order valence-corrected chi connectivity index (χ3v) is 8.28. The molecule has 1 N–H and O–H groups in total. The van der Waals surface area contributed by atoms with E-state index in [0.29, 0.717) is 13.0 Å². The third-order valence-electron chi connectivity index (χ3n) is 6.14. The smallest absolute Gasteiger partial charge is 0.230 e. The second-order valence-electron chi connectivity index (χ2n) is 8.42. The number of nitrogens with one attached hydrogen (secondary N) is 1. The zero-order valence-corrected chi connectivity index (χ0v) is 18.7. The van der Waals surface area contributed by atoms with E-state index in [9.17, 15) is 18.0 Å². The Kier molecular flexibility index (Phi) is 5.88. The second kappa shape index (κ2) is 8.46. The Labute approximate surface area is 183 Å². The summed E-state index contributed by atoms with van der Waals surface area (Å²) < 4.78 is 26.2. The van der Waals surface area contributed by atoms with Gasteiger partial charge in [0, 0.05) is 30.3 Å². The van der Waals surface area contributed by atoms with E-state index in [0.717, 1.165) is 41.8 Å². The lowest BCUT2D eigenvalue weighted by molar-refractivity contribution is -0.119. The van der Waals surface area contributed by atoms with Gasteiger partial charge < -0.3 is 10.2 Å². The van der Waals surface area contributed by atoms with Gasteiger partial charge in [0.25, 0.3) is 0 Å². The van der Waals surface area contributed by atoms with Gasteiger partial charge in [0.15, 0.2) is 9.84 Å². The number of aryl methyl sites for hydroxylation is 1. The number of hydrogen-bond acceptors (Lipinski definition) is 4. The topological polar surface area (TPSA) is 83.6 Å². The zero-order valence-electron chi connectivity index (χ0n) is 17.9. The summed E-state index contributed by atoms with van der Waals surface area (Å²) in [6.45, 7) is 4.17. The molecule has 2 amide bonds. The van der Waals surface area contributed by atoms with Crippen LogP contribution >= 0.6 is 0 Å². The number of benzene rings is 2. The molecule has 31 heavy (non-hydrogen) atoms.